The van der Waals surface area contributed by atoms with Crippen LogP contribution in [0.4, 0.5) is 5.69 Å². The highest BCUT2D eigenvalue weighted by Gasteiger charge is 2.27. The maximum Gasteiger partial charge on any atom is 0.270 e. The molecule has 1 heterocycles. The number of sulfonamides is 1. The largest absolute Gasteiger partial charge is 0.289 e. The van der Waals surface area contributed by atoms with Crippen LogP contribution in [0, 0.1) is 10.1 Å². The number of nitro benzene ring substituents is 1. The van der Waals surface area contributed by atoms with E-state index in [0.29, 0.717) is 24.2 Å². The lowest BCUT2D eigenvalue weighted by molar-refractivity contribution is -0.384. The van der Waals surface area contributed by atoms with Crippen molar-refractivity contribution in [2.24, 2.45) is 0 Å². The number of hydrogen-bond donors (Lipinski definition) is 0. The predicted molar refractivity (Wildman–Crippen MR) is 101 cm³/mol. The van der Waals surface area contributed by atoms with E-state index in [-0.39, 0.29) is 16.4 Å². The molecule has 0 aliphatic carbocycles. The number of benzene rings is 2. The van der Waals surface area contributed by atoms with Gasteiger partial charge in [0.1, 0.15) is 0 Å². The third kappa shape index (κ3) is 4.29. The minimum absolute atomic E-state index is 0.0546. The molecule has 7 nitrogen and oxygen atoms in total. The van der Waals surface area contributed by atoms with Crippen LogP contribution in [-0.4, -0.2) is 36.5 Å². The van der Waals surface area contributed by atoms with E-state index in [1.54, 1.807) is 12.1 Å². The van der Waals surface area contributed by atoms with Crippen LogP contribution in [0.25, 0.3) is 6.08 Å². The number of nitro groups is 1. The SMILES string of the molecule is O=C(C=Cc1cccc([N+](=O)[O-])c1)c1ccc(S(=O)(=O)N2CCCC2)cc1. The molecular weight excluding hydrogens is 368 g/mol. The summed E-state index contributed by atoms with van der Waals surface area (Å²) in [6, 6.07) is 11.8. The normalized spacial score (nSPS) is 15.3. The second-order valence-electron chi connectivity index (χ2n) is 6.19. The molecule has 0 amide bonds. The lowest BCUT2D eigenvalue weighted by Crippen LogP contribution is -2.27. The van der Waals surface area contributed by atoms with Crippen LogP contribution in [0.2, 0.25) is 0 Å². The van der Waals surface area contributed by atoms with Crippen LogP contribution in [0.15, 0.2) is 59.5 Å². The van der Waals surface area contributed by atoms with Gasteiger partial charge in [0.15, 0.2) is 5.78 Å². The average Bonchev–Trinajstić information content (AvgIpc) is 3.22. The topological polar surface area (TPSA) is 97.6 Å². The van der Waals surface area contributed by atoms with Gasteiger partial charge in [0.05, 0.1) is 9.82 Å². The maximum atomic E-state index is 12.5. The van der Waals surface area contributed by atoms with Crippen molar-refractivity contribution in [3.63, 3.8) is 0 Å². The van der Waals surface area contributed by atoms with Crippen molar-refractivity contribution in [3.8, 4) is 0 Å². The molecule has 1 saturated heterocycles. The van der Waals surface area contributed by atoms with Crippen molar-refractivity contribution in [2.75, 3.05) is 13.1 Å². The Morgan fingerprint density at radius 3 is 2.37 bits per heavy atom. The summed E-state index contributed by atoms with van der Waals surface area (Å²) in [5, 5.41) is 10.8. The summed E-state index contributed by atoms with van der Waals surface area (Å²) in [5.74, 6) is -0.313. The van der Waals surface area contributed by atoms with Crippen molar-refractivity contribution >= 4 is 27.6 Å². The Labute approximate surface area is 157 Å². The smallest absolute Gasteiger partial charge is 0.270 e. The molecule has 1 aliphatic rings. The molecule has 0 atom stereocenters. The van der Waals surface area contributed by atoms with Gasteiger partial charge >= 0.3 is 0 Å². The number of nitrogens with zero attached hydrogens (tertiary/aromatic N) is 2. The monoisotopic (exact) mass is 386 g/mol. The molecule has 8 heteroatoms. The van der Waals surface area contributed by atoms with Crippen LogP contribution >= 0.6 is 0 Å². The summed E-state index contributed by atoms with van der Waals surface area (Å²) in [6.45, 7) is 1.05. The van der Waals surface area contributed by atoms with E-state index < -0.39 is 14.9 Å². The molecule has 0 unspecified atom stereocenters. The molecule has 0 saturated carbocycles. The average molecular weight is 386 g/mol. The van der Waals surface area contributed by atoms with Crippen LogP contribution < -0.4 is 0 Å². The Balaban J connectivity index is 1.74. The van der Waals surface area contributed by atoms with Crippen LogP contribution in [-0.2, 0) is 10.0 Å². The highest BCUT2D eigenvalue weighted by molar-refractivity contribution is 7.89. The van der Waals surface area contributed by atoms with E-state index in [9.17, 15) is 23.3 Å². The van der Waals surface area contributed by atoms with Gasteiger partial charge in [-0.05, 0) is 48.7 Å². The molecule has 140 valence electrons. The van der Waals surface area contributed by atoms with Gasteiger partial charge in [-0.2, -0.15) is 4.31 Å². The van der Waals surface area contributed by atoms with Crippen molar-refractivity contribution in [1.82, 2.24) is 4.31 Å². The number of non-ortho nitro benzene ring substituents is 1. The maximum absolute atomic E-state index is 12.5. The lowest BCUT2D eigenvalue weighted by atomic mass is 10.1. The van der Waals surface area contributed by atoms with E-state index in [2.05, 4.69) is 0 Å². The lowest BCUT2D eigenvalue weighted by Gasteiger charge is -2.15. The number of carbonyl (C=O) groups is 1. The molecule has 0 N–H and O–H groups in total. The third-order valence-electron chi connectivity index (χ3n) is 4.35. The molecular formula is C19H18N2O5S. The van der Waals surface area contributed by atoms with E-state index in [0.717, 1.165) is 12.8 Å². The molecule has 2 aromatic rings. The number of allylic oxidation sites excluding steroid dienone is 1. The minimum Gasteiger partial charge on any atom is -0.289 e. The first-order valence-electron chi connectivity index (χ1n) is 8.45. The summed E-state index contributed by atoms with van der Waals surface area (Å²) >= 11 is 0. The molecule has 1 fully saturated rings. The first kappa shape index (κ1) is 18.9. The number of ketones is 1. The zero-order valence-corrected chi connectivity index (χ0v) is 15.3. The Morgan fingerprint density at radius 2 is 1.74 bits per heavy atom. The molecule has 0 aromatic heterocycles. The highest BCUT2D eigenvalue weighted by Crippen LogP contribution is 2.21. The zero-order chi connectivity index (χ0) is 19.4. The Bertz CT molecular complexity index is 991. The van der Waals surface area contributed by atoms with E-state index in [1.165, 1.54) is 52.9 Å². The van der Waals surface area contributed by atoms with Gasteiger partial charge in [0, 0.05) is 30.8 Å². The van der Waals surface area contributed by atoms with Gasteiger partial charge in [-0.1, -0.05) is 18.2 Å². The third-order valence-corrected chi connectivity index (χ3v) is 6.26. The van der Waals surface area contributed by atoms with Gasteiger partial charge in [-0.3, -0.25) is 14.9 Å². The van der Waals surface area contributed by atoms with E-state index in [4.69, 9.17) is 0 Å². The van der Waals surface area contributed by atoms with Gasteiger partial charge in [0.25, 0.3) is 5.69 Å². The van der Waals surface area contributed by atoms with Crippen LogP contribution in [0.3, 0.4) is 0 Å². The quantitative estimate of drug-likeness (QED) is 0.328. The number of rotatable bonds is 6. The van der Waals surface area contributed by atoms with Gasteiger partial charge in [0.2, 0.25) is 10.0 Å². The number of carbonyl (C=O) groups excluding carboxylic acids is 1. The fourth-order valence-electron chi connectivity index (χ4n) is 2.88. The van der Waals surface area contributed by atoms with E-state index in [1.807, 2.05) is 0 Å². The Morgan fingerprint density at radius 1 is 1.07 bits per heavy atom. The van der Waals surface area contributed by atoms with Crippen LogP contribution in [0.1, 0.15) is 28.8 Å². The molecule has 0 radical (unpaired) electrons. The predicted octanol–water partition coefficient (Wildman–Crippen LogP) is 3.28. The van der Waals surface area contributed by atoms with Gasteiger partial charge in [-0.15, -0.1) is 0 Å². The number of hydrogen-bond acceptors (Lipinski definition) is 5. The van der Waals surface area contributed by atoms with Crippen molar-refractivity contribution in [1.29, 1.82) is 0 Å². The minimum atomic E-state index is -3.51. The summed E-state index contributed by atoms with van der Waals surface area (Å²) < 4.78 is 26.4. The fraction of sp³-hybridized carbons (Fsp3) is 0.211. The molecule has 2 aromatic carbocycles. The molecule has 27 heavy (non-hydrogen) atoms. The first-order valence-corrected chi connectivity index (χ1v) is 9.89. The summed E-state index contributed by atoms with van der Waals surface area (Å²) in [4.78, 5) is 22.7. The summed E-state index contributed by atoms with van der Waals surface area (Å²) in [7, 11) is -3.51. The fourth-order valence-corrected chi connectivity index (χ4v) is 4.40. The van der Waals surface area contributed by atoms with E-state index >= 15 is 0 Å². The van der Waals surface area contributed by atoms with Gasteiger partial charge in [-0.25, -0.2) is 8.42 Å². The summed E-state index contributed by atoms with van der Waals surface area (Å²) in [5.41, 5.74) is 0.823. The second-order valence-corrected chi connectivity index (χ2v) is 8.12. The standard InChI is InChI=1S/C19H18N2O5S/c22-19(11-6-15-4-3-5-17(14-15)21(23)24)16-7-9-18(10-8-16)27(25,26)20-12-1-2-13-20/h3-11,14H,1-2,12-13H2. The second kappa shape index (κ2) is 7.81. The summed E-state index contributed by atoms with van der Waals surface area (Å²) in [6.07, 6.45) is 4.52. The first-order chi connectivity index (χ1) is 12.9. The Hall–Kier alpha value is -2.84. The Kier molecular flexibility index (Phi) is 5.48. The molecule has 0 bridgehead atoms. The van der Waals surface area contributed by atoms with Crippen molar-refractivity contribution in [2.45, 2.75) is 17.7 Å². The molecule has 0 spiro atoms. The molecule has 3 rings (SSSR count). The van der Waals surface area contributed by atoms with Crippen molar-refractivity contribution < 1.29 is 18.1 Å². The zero-order valence-electron chi connectivity index (χ0n) is 14.4. The van der Waals surface area contributed by atoms with Crippen molar-refractivity contribution in [3.05, 3.63) is 75.8 Å². The van der Waals surface area contributed by atoms with Gasteiger partial charge < -0.3 is 0 Å². The van der Waals surface area contributed by atoms with Crippen LogP contribution in [0.5, 0.6) is 0 Å². The molecule has 1 aliphatic heterocycles. The highest BCUT2D eigenvalue weighted by atomic mass is 32.2.